The molecule has 6 heteroatoms. The average molecular weight is 554 g/mol. The van der Waals surface area contributed by atoms with E-state index in [1.807, 2.05) is 36.4 Å². The Morgan fingerprint density at radius 3 is 1.20 bits per heavy atom. The lowest BCUT2D eigenvalue weighted by molar-refractivity contribution is 1.38. The molecular weight excluding hydrogens is 540 g/mol. The summed E-state index contributed by atoms with van der Waals surface area (Å²) >= 11 is 10.7. The van der Waals surface area contributed by atoms with E-state index in [2.05, 4.69) is 80.4 Å². The zero-order valence-electron chi connectivity index (χ0n) is 15.5. The molecule has 0 spiro atoms. The zero-order chi connectivity index (χ0) is 20.5. The van der Waals surface area contributed by atoms with Crippen molar-refractivity contribution in [2.45, 2.75) is 0 Å². The number of thiazole rings is 2. The van der Waals surface area contributed by atoms with E-state index in [0.717, 1.165) is 51.2 Å². The summed E-state index contributed by atoms with van der Waals surface area (Å²) in [6.45, 7) is 0. The predicted molar refractivity (Wildman–Crippen MR) is 135 cm³/mol. The number of hydrogen-bond acceptors (Lipinski definition) is 4. The van der Waals surface area contributed by atoms with Crippen LogP contribution in [0, 0.1) is 0 Å². The average Bonchev–Trinajstić information content (AvgIpc) is 3.38. The Morgan fingerprint density at radius 2 is 0.833 bits per heavy atom. The van der Waals surface area contributed by atoms with Crippen molar-refractivity contribution in [1.82, 2.24) is 9.97 Å². The van der Waals surface area contributed by atoms with E-state index in [-0.39, 0.29) is 0 Å². The molecule has 0 aliphatic carbocycles. The van der Waals surface area contributed by atoms with E-state index in [1.54, 1.807) is 22.7 Å². The SMILES string of the molecule is Brc1sc(-c2ccccc2)nc1-c1ccc(-c2nc(-c3ccccc3)sc2Br)cc1. The quantitative estimate of drug-likeness (QED) is 0.222. The van der Waals surface area contributed by atoms with Crippen molar-refractivity contribution in [3.8, 4) is 43.7 Å². The largest absolute Gasteiger partial charge is 0.235 e. The van der Waals surface area contributed by atoms with Gasteiger partial charge in [0.05, 0.1) is 19.0 Å². The molecule has 0 fully saturated rings. The summed E-state index contributed by atoms with van der Waals surface area (Å²) in [6.07, 6.45) is 0. The molecule has 0 radical (unpaired) electrons. The van der Waals surface area contributed by atoms with Crippen LogP contribution in [0.1, 0.15) is 0 Å². The van der Waals surface area contributed by atoms with Crippen LogP contribution in [0.2, 0.25) is 0 Å². The fourth-order valence-electron chi connectivity index (χ4n) is 3.15. The molecule has 0 N–H and O–H groups in total. The molecule has 0 saturated heterocycles. The minimum atomic E-state index is 0.965. The van der Waals surface area contributed by atoms with Crippen LogP contribution in [0.4, 0.5) is 0 Å². The molecule has 2 nitrogen and oxygen atoms in total. The first-order chi connectivity index (χ1) is 14.7. The number of hydrogen-bond donors (Lipinski definition) is 0. The van der Waals surface area contributed by atoms with Crippen LogP contribution in [-0.2, 0) is 0 Å². The van der Waals surface area contributed by atoms with Gasteiger partial charge in [-0.2, -0.15) is 0 Å². The highest BCUT2D eigenvalue weighted by Crippen LogP contribution is 2.40. The lowest BCUT2D eigenvalue weighted by Gasteiger charge is -2.02. The molecule has 146 valence electrons. The third-order valence-corrected chi connectivity index (χ3v) is 8.15. The van der Waals surface area contributed by atoms with Crippen molar-refractivity contribution in [3.05, 3.63) is 92.5 Å². The fraction of sp³-hybridized carbons (Fsp3) is 0. The van der Waals surface area contributed by atoms with Gasteiger partial charge in [-0.1, -0.05) is 84.9 Å². The molecule has 2 aromatic heterocycles. The molecule has 0 bridgehead atoms. The zero-order valence-corrected chi connectivity index (χ0v) is 20.4. The normalized spacial score (nSPS) is 11.0. The molecule has 0 aliphatic heterocycles. The lowest BCUT2D eigenvalue weighted by Crippen LogP contribution is -1.83. The molecule has 5 aromatic rings. The van der Waals surface area contributed by atoms with Crippen LogP contribution in [0.25, 0.3) is 43.7 Å². The van der Waals surface area contributed by atoms with Gasteiger partial charge in [0, 0.05) is 22.3 Å². The number of benzene rings is 3. The first-order valence-corrected chi connectivity index (χ1v) is 12.5. The van der Waals surface area contributed by atoms with Gasteiger partial charge < -0.3 is 0 Å². The molecule has 3 aromatic carbocycles. The molecule has 0 atom stereocenters. The van der Waals surface area contributed by atoms with Gasteiger partial charge in [-0.25, -0.2) is 9.97 Å². The van der Waals surface area contributed by atoms with Crippen LogP contribution in [0.15, 0.2) is 92.5 Å². The Bertz CT molecular complexity index is 1190. The lowest BCUT2D eigenvalue weighted by atomic mass is 10.1. The Morgan fingerprint density at radius 1 is 0.467 bits per heavy atom. The summed E-state index contributed by atoms with van der Waals surface area (Å²) in [7, 11) is 0. The number of rotatable bonds is 4. The molecule has 0 unspecified atom stereocenters. The topological polar surface area (TPSA) is 25.8 Å². The minimum absolute atomic E-state index is 0.965. The molecule has 0 saturated carbocycles. The van der Waals surface area contributed by atoms with Gasteiger partial charge in [-0.05, 0) is 31.9 Å². The monoisotopic (exact) mass is 552 g/mol. The van der Waals surface area contributed by atoms with Gasteiger partial charge in [-0.3, -0.25) is 0 Å². The van der Waals surface area contributed by atoms with Crippen LogP contribution in [-0.4, -0.2) is 9.97 Å². The summed E-state index contributed by atoms with van der Waals surface area (Å²) < 4.78 is 2.07. The molecule has 30 heavy (non-hydrogen) atoms. The van der Waals surface area contributed by atoms with Crippen LogP contribution < -0.4 is 0 Å². The van der Waals surface area contributed by atoms with E-state index < -0.39 is 0 Å². The van der Waals surface area contributed by atoms with Gasteiger partial charge in [0.2, 0.25) is 0 Å². The van der Waals surface area contributed by atoms with Crippen molar-refractivity contribution in [2.75, 3.05) is 0 Å². The summed E-state index contributed by atoms with van der Waals surface area (Å²) in [4.78, 5) is 9.73. The third-order valence-electron chi connectivity index (χ3n) is 4.64. The first-order valence-electron chi connectivity index (χ1n) is 9.23. The van der Waals surface area contributed by atoms with Gasteiger partial charge in [-0.15, -0.1) is 22.7 Å². The number of aromatic nitrogens is 2. The van der Waals surface area contributed by atoms with Crippen LogP contribution in [0.3, 0.4) is 0 Å². The number of halogens is 2. The van der Waals surface area contributed by atoms with Gasteiger partial charge >= 0.3 is 0 Å². The Hall–Kier alpha value is -2.12. The Kier molecular flexibility index (Phi) is 5.65. The second-order valence-electron chi connectivity index (χ2n) is 6.59. The van der Waals surface area contributed by atoms with Crippen LogP contribution >= 0.6 is 54.5 Å². The van der Waals surface area contributed by atoms with Crippen molar-refractivity contribution < 1.29 is 0 Å². The fourth-order valence-corrected chi connectivity index (χ4v) is 6.35. The van der Waals surface area contributed by atoms with Crippen molar-refractivity contribution >= 4 is 54.5 Å². The Balaban J connectivity index is 1.46. The van der Waals surface area contributed by atoms with E-state index in [9.17, 15) is 0 Å². The maximum atomic E-state index is 4.86. The minimum Gasteiger partial charge on any atom is -0.235 e. The summed E-state index contributed by atoms with van der Waals surface area (Å²) in [5.74, 6) is 0. The Labute approximate surface area is 199 Å². The van der Waals surface area contributed by atoms with Crippen molar-refractivity contribution in [1.29, 1.82) is 0 Å². The van der Waals surface area contributed by atoms with Crippen molar-refractivity contribution in [3.63, 3.8) is 0 Å². The second-order valence-corrected chi connectivity index (χ2v) is 11.2. The maximum absolute atomic E-state index is 4.86. The molecule has 0 amide bonds. The maximum Gasteiger partial charge on any atom is 0.125 e. The van der Waals surface area contributed by atoms with E-state index in [1.165, 1.54) is 0 Å². The summed E-state index contributed by atoms with van der Waals surface area (Å²) in [5, 5.41) is 2.02. The van der Waals surface area contributed by atoms with Gasteiger partial charge in [0.15, 0.2) is 0 Å². The van der Waals surface area contributed by atoms with Crippen LogP contribution in [0.5, 0.6) is 0 Å². The highest BCUT2D eigenvalue weighted by atomic mass is 79.9. The third kappa shape index (κ3) is 3.93. The molecule has 0 aliphatic rings. The van der Waals surface area contributed by atoms with Crippen molar-refractivity contribution in [2.24, 2.45) is 0 Å². The summed E-state index contributed by atoms with van der Waals surface area (Å²) in [5.41, 5.74) is 6.36. The molecule has 2 heterocycles. The van der Waals surface area contributed by atoms with E-state index in [0.29, 0.717) is 0 Å². The highest BCUT2D eigenvalue weighted by molar-refractivity contribution is 9.11. The van der Waals surface area contributed by atoms with Gasteiger partial charge in [0.25, 0.3) is 0 Å². The van der Waals surface area contributed by atoms with Gasteiger partial charge in [0.1, 0.15) is 10.0 Å². The predicted octanol–water partition coefficient (Wildman–Crippen LogP) is 8.79. The number of nitrogens with zero attached hydrogens (tertiary/aromatic N) is 2. The smallest absolute Gasteiger partial charge is 0.125 e. The standard InChI is InChI=1S/C24H14Br2N2S2/c25-21-19(27-23(29-21)17-7-3-1-4-8-17)15-11-13-16(14-12-15)20-22(26)30-24(28-20)18-9-5-2-6-10-18/h1-14H. The summed E-state index contributed by atoms with van der Waals surface area (Å²) in [6, 6.07) is 29.0. The highest BCUT2D eigenvalue weighted by Gasteiger charge is 2.15. The van der Waals surface area contributed by atoms with E-state index in [4.69, 9.17) is 9.97 Å². The first kappa shape index (κ1) is 19.8. The molecular formula is C24H14Br2N2S2. The molecule has 5 rings (SSSR count). The van der Waals surface area contributed by atoms with E-state index >= 15 is 0 Å². The second kappa shape index (κ2) is 8.55.